The van der Waals surface area contributed by atoms with E-state index in [-0.39, 0.29) is 0 Å². The van der Waals surface area contributed by atoms with E-state index in [2.05, 4.69) is 10.6 Å². The van der Waals surface area contributed by atoms with E-state index in [1.807, 2.05) is 0 Å². The maximum atomic E-state index is 13.3. The van der Waals surface area contributed by atoms with Gasteiger partial charge in [0.05, 0.1) is 5.69 Å². The van der Waals surface area contributed by atoms with Crippen molar-refractivity contribution in [1.29, 1.82) is 0 Å². The second-order valence-electron chi connectivity index (χ2n) is 3.93. The molecule has 7 heteroatoms. The van der Waals surface area contributed by atoms with Crippen LogP contribution >= 0.6 is 0 Å². The minimum Gasteiger partial charge on any atom is -0.399 e. The van der Waals surface area contributed by atoms with Gasteiger partial charge in [-0.25, -0.2) is 18.0 Å². The van der Waals surface area contributed by atoms with Crippen molar-refractivity contribution >= 4 is 23.1 Å². The highest BCUT2D eigenvalue weighted by Gasteiger charge is 2.15. The van der Waals surface area contributed by atoms with Crippen LogP contribution in [0.15, 0.2) is 36.4 Å². The van der Waals surface area contributed by atoms with Gasteiger partial charge in [0.1, 0.15) is 0 Å². The standard InChI is InChI=1S/C13H10F3N3O/c14-9-4-5-10(12(16)11(9)15)19-13(20)18-8-3-1-2-7(17)6-8/h1-6H,17H2,(H2,18,19,20). The molecule has 2 amide bonds. The van der Waals surface area contributed by atoms with Gasteiger partial charge in [0.25, 0.3) is 0 Å². The minimum absolute atomic E-state index is 0.380. The van der Waals surface area contributed by atoms with Crippen LogP contribution in [0.3, 0.4) is 0 Å². The van der Waals surface area contributed by atoms with Gasteiger partial charge in [-0.2, -0.15) is 0 Å². The highest BCUT2D eigenvalue weighted by atomic mass is 19.2. The van der Waals surface area contributed by atoms with Crippen molar-refractivity contribution in [1.82, 2.24) is 0 Å². The Kier molecular flexibility index (Phi) is 3.79. The molecule has 0 saturated heterocycles. The van der Waals surface area contributed by atoms with E-state index in [1.54, 1.807) is 18.2 Å². The van der Waals surface area contributed by atoms with Crippen molar-refractivity contribution in [3.63, 3.8) is 0 Å². The SMILES string of the molecule is Nc1cccc(NC(=O)Nc2ccc(F)c(F)c2F)c1. The average molecular weight is 281 g/mol. The van der Waals surface area contributed by atoms with Crippen molar-refractivity contribution in [2.45, 2.75) is 0 Å². The molecule has 0 saturated carbocycles. The summed E-state index contributed by atoms with van der Waals surface area (Å²) in [7, 11) is 0. The second kappa shape index (κ2) is 5.52. The Morgan fingerprint density at radius 2 is 1.75 bits per heavy atom. The van der Waals surface area contributed by atoms with Gasteiger partial charge in [0, 0.05) is 11.4 Å². The number of hydrogen-bond acceptors (Lipinski definition) is 2. The number of rotatable bonds is 2. The summed E-state index contributed by atoms with van der Waals surface area (Å²) >= 11 is 0. The first-order chi connectivity index (χ1) is 9.47. The van der Waals surface area contributed by atoms with Crippen LogP contribution in [0.5, 0.6) is 0 Å². The van der Waals surface area contributed by atoms with Crippen LogP contribution in [-0.4, -0.2) is 6.03 Å². The van der Waals surface area contributed by atoms with Crippen molar-refractivity contribution < 1.29 is 18.0 Å². The lowest BCUT2D eigenvalue weighted by molar-refractivity contribution is 0.262. The molecule has 0 fully saturated rings. The summed E-state index contributed by atoms with van der Waals surface area (Å²) in [6.07, 6.45) is 0. The van der Waals surface area contributed by atoms with E-state index in [1.165, 1.54) is 6.07 Å². The predicted octanol–water partition coefficient (Wildman–Crippen LogP) is 3.33. The molecule has 104 valence electrons. The Bertz CT molecular complexity index is 661. The third-order valence-corrected chi connectivity index (χ3v) is 2.43. The predicted molar refractivity (Wildman–Crippen MR) is 69.8 cm³/mol. The van der Waals surface area contributed by atoms with Crippen LogP contribution in [0.25, 0.3) is 0 Å². The van der Waals surface area contributed by atoms with E-state index in [9.17, 15) is 18.0 Å². The fraction of sp³-hybridized carbons (Fsp3) is 0. The summed E-state index contributed by atoms with van der Waals surface area (Å²) in [4.78, 5) is 11.6. The second-order valence-corrected chi connectivity index (χ2v) is 3.93. The number of urea groups is 1. The van der Waals surface area contributed by atoms with Gasteiger partial charge < -0.3 is 16.4 Å². The van der Waals surface area contributed by atoms with E-state index in [0.717, 1.165) is 6.07 Å². The summed E-state index contributed by atoms with van der Waals surface area (Å²) in [5.74, 6) is -4.44. The third-order valence-electron chi connectivity index (χ3n) is 2.43. The number of nitrogens with two attached hydrogens (primary N) is 1. The molecule has 0 radical (unpaired) electrons. The van der Waals surface area contributed by atoms with E-state index >= 15 is 0 Å². The topological polar surface area (TPSA) is 67.1 Å². The average Bonchev–Trinajstić information content (AvgIpc) is 2.39. The van der Waals surface area contributed by atoms with Gasteiger partial charge in [-0.15, -0.1) is 0 Å². The molecule has 2 aromatic rings. The Labute approximate surface area is 112 Å². The Morgan fingerprint density at radius 1 is 1.00 bits per heavy atom. The van der Waals surface area contributed by atoms with Crippen LogP contribution in [0, 0.1) is 17.5 Å². The molecule has 0 unspecified atom stereocenters. The van der Waals surface area contributed by atoms with Crippen LogP contribution in [0.2, 0.25) is 0 Å². The Balaban J connectivity index is 2.11. The number of nitrogens with one attached hydrogen (secondary N) is 2. The Morgan fingerprint density at radius 3 is 2.45 bits per heavy atom. The summed E-state index contributed by atoms with van der Waals surface area (Å²) in [6.45, 7) is 0. The number of halogens is 3. The maximum Gasteiger partial charge on any atom is 0.323 e. The van der Waals surface area contributed by atoms with Crippen molar-refractivity contribution in [2.75, 3.05) is 16.4 Å². The smallest absolute Gasteiger partial charge is 0.323 e. The first-order valence-corrected chi connectivity index (χ1v) is 5.54. The lowest BCUT2D eigenvalue weighted by Crippen LogP contribution is -2.20. The lowest BCUT2D eigenvalue weighted by Gasteiger charge is -2.09. The van der Waals surface area contributed by atoms with Crippen molar-refractivity contribution in [2.24, 2.45) is 0 Å². The fourth-order valence-electron chi connectivity index (χ4n) is 1.52. The lowest BCUT2D eigenvalue weighted by atomic mass is 10.2. The summed E-state index contributed by atoms with van der Waals surface area (Å²) < 4.78 is 39.1. The third kappa shape index (κ3) is 3.00. The fourth-order valence-corrected chi connectivity index (χ4v) is 1.52. The molecular weight excluding hydrogens is 271 g/mol. The first-order valence-electron chi connectivity index (χ1n) is 5.54. The van der Waals surface area contributed by atoms with Gasteiger partial charge >= 0.3 is 6.03 Å². The van der Waals surface area contributed by atoms with Crippen LogP contribution in [0.4, 0.5) is 35.0 Å². The van der Waals surface area contributed by atoms with Crippen molar-refractivity contribution in [3.8, 4) is 0 Å². The minimum atomic E-state index is -1.65. The number of amides is 2. The highest BCUT2D eigenvalue weighted by molar-refractivity contribution is 6.00. The summed E-state index contributed by atoms with van der Waals surface area (Å²) in [5.41, 5.74) is 5.87. The number of carbonyl (C=O) groups excluding carboxylic acids is 1. The summed E-state index contributed by atoms with van der Waals surface area (Å²) in [5, 5.41) is 4.45. The molecule has 0 bridgehead atoms. The monoisotopic (exact) mass is 281 g/mol. The van der Waals surface area contributed by atoms with Gasteiger partial charge in [0.15, 0.2) is 17.5 Å². The first kappa shape index (κ1) is 13.7. The molecule has 0 spiro atoms. The summed E-state index contributed by atoms with van der Waals surface area (Å²) in [6, 6.07) is 7.13. The largest absolute Gasteiger partial charge is 0.399 e. The Hall–Kier alpha value is -2.70. The quantitative estimate of drug-likeness (QED) is 0.584. The molecule has 0 heterocycles. The van der Waals surface area contributed by atoms with Gasteiger partial charge in [-0.05, 0) is 30.3 Å². The molecule has 0 aliphatic carbocycles. The number of anilines is 3. The molecular formula is C13H10F3N3O. The maximum absolute atomic E-state index is 13.3. The van der Waals surface area contributed by atoms with E-state index in [4.69, 9.17) is 5.73 Å². The molecule has 20 heavy (non-hydrogen) atoms. The zero-order chi connectivity index (χ0) is 14.7. The zero-order valence-electron chi connectivity index (χ0n) is 10.1. The van der Waals surface area contributed by atoms with E-state index < -0.39 is 29.2 Å². The van der Waals surface area contributed by atoms with Crippen molar-refractivity contribution in [3.05, 3.63) is 53.8 Å². The number of benzene rings is 2. The van der Waals surface area contributed by atoms with Gasteiger partial charge in [-0.3, -0.25) is 0 Å². The van der Waals surface area contributed by atoms with Gasteiger partial charge in [-0.1, -0.05) is 6.07 Å². The van der Waals surface area contributed by atoms with Crippen LogP contribution in [-0.2, 0) is 0 Å². The number of carbonyl (C=O) groups is 1. The molecule has 0 aliphatic rings. The molecule has 0 aliphatic heterocycles. The highest BCUT2D eigenvalue weighted by Crippen LogP contribution is 2.20. The molecule has 0 atom stereocenters. The zero-order valence-corrected chi connectivity index (χ0v) is 10.1. The molecule has 2 aromatic carbocycles. The molecule has 4 N–H and O–H groups in total. The van der Waals surface area contributed by atoms with Crippen LogP contribution in [0.1, 0.15) is 0 Å². The number of nitrogen functional groups attached to an aromatic ring is 1. The molecule has 0 aromatic heterocycles. The molecule has 4 nitrogen and oxygen atoms in total. The molecule has 2 rings (SSSR count). The van der Waals surface area contributed by atoms with Crippen LogP contribution < -0.4 is 16.4 Å². The number of hydrogen-bond donors (Lipinski definition) is 3. The van der Waals surface area contributed by atoms with E-state index in [0.29, 0.717) is 17.4 Å². The normalized spacial score (nSPS) is 10.2. The van der Waals surface area contributed by atoms with Gasteiger partial charge in [0.2, 0.25) is 0 Å².